The van der Waals surface area contributed by atoms with E-state index in [0.29, 0.717) is 27.4 Å². The highest BCUT2D eigenvalue weighted by Crippen LogP contribution is 2.23. The molecule has 0 N–H and O–H groups in total. The van der Waals surface area contributed by atoms with Crippen molar-refractivity contribution in [3.63, 3.8) is 0 Å². The van der Waals surface area contributed by atoms with E-state index in [1.807, 2.05) is 12.1 Å². The highest BCUT2D eigenvalue weighted by atomic mass is 35.5. The number of aromatic nitrogens is 3. The average Bonchev–Trinajstić information content (AvgIpc) is 2.26. The van der Waals surface area contributed by atoms with Crippen molar-refractivity contribution in [3.8, 4) is 11.5 Å². The molecule has 0 atom stereocenters. The lowest BCUT2D eigenvalue weighted by Gasteiger charge is -2.03. The van der Waals surface area contributed by atoms with E-state index in [0.717, 1.165) is 0 Å². The van der Waals surface area contributed by atoms with Crippen LogP contribution in [0.25, 0.3) is 11.5 Å². The SMILES string of the molecule is Cc1c(Cl)nc(-c2ccccn2)nc1Cl. The van der Waals surface area contributed by atoms with Crippen molar-refractivity contribution in [2.45, 2.75) is 6.92 Å². The molecule has 2 heterocycles. The molecule has 0 saturated heterocycles. The summed E-state index contributed by atoms with van der Waals surface area (Å²) in [6.07, 6.45) is 1.67. The van der Waals surface area contributed by atoms with Gasteiger partial charge in [-0.25, -0.2) is 9.97 Å². The molecule has 15 heavy (non-hydrogen) atoms. The van der Waals surface area contributed by atoms with E-state index in [2.05, 4.69) is 15.0 Å². The maximum Gasteiger partial charge on any atom is 0.181 e. The van der Waals surface area contributed by atoms with Crippen LogP contribution in [0.1, 0.15) is 5.56 Å². The van der Waals surface area contributed by atoms with Crippen LogP contribution in [0, 0.1) is 6.92 Å². The van der Waals surface area contributed by atoms with Gasteiger partial charge in [0.2, 0.25) is 0 Å². The first-order valence-electron chi connectivity index (χ1n) is 4.29. The standard InChI is InChI=1S/C10H7Cl2N3/c1-6-8(11)14-10(15-9(6)12)7-4-2-3-5-13-7/h2-5H,1H3. The Morgan fingerprint density at radius 1 is 1.07 bits per heavy atom. The van der Waals surface area contributed by atoms with Crippen molar-refractivity contribution in [3.05, 3.63) is 40.3 Å². The first-order chi connectivity index (χ1) is 7.18. The van der Waals surface area contributed by atoms with E-state index >= 15 is 0 Å². The van der Waals surface area contributed by atoms with E-state index in [1.54, 1.807) is 19.2 Å². The van der Waals surface area contributed by atoms with Gasteiger partial charge in [0.25, 0.3) is 0 Å². The fraction of sp³-hybridized carbons (Fsp3) is 0.100. The predicted molar refractivity (Wildman–Crippen MR) is 60.0 cm³/mol. The largest absolute Gasteiger partial charge is 0.253 e. The van der Waals surface area contributed by atoms with Crippen LogP contribution in [-0.2, 0) is 0 Å². The molecule has 76 valence electrons. The third-order valence-corrected chi connectivity index (χ3v) is 2.66. The first-order valence-corrected chi connectivity index (χ1v) is 5.05. The van der Waals surface area contributed by atoms with Gasteiger partial charge in [0.1, 0.15) is 16.0 Å². The van der Waals surface area contributed by atoms with Crippen molar-refractivity contribution >= 4 is 23.2 Å². The summed E-state index contributed by atoms with van der Waals surface area (Å²) in [7, 11) is 0. The molecular formula is C10H7Cl2N3. The van der Waals surface area contributed by atoms with Crippen molar-refractivity contribution in [1.82, 2.24) is 15.0 Å². The Bertz CT molecular complexity index is 462. The quantitative estimate of drug-likeness (QED) is 0.718. The Balaban J connectivity index is 2.56. The van der Waals surface area contributed by atoms with Crippen molar-refractivity contribution < 1.29 is 0 Å². The first kappa shape index (κ1) is 10.3. The van der Waals surface area contributed by atoms with E-state index in [-0.39, 0.29) is 0 Å². The fourth-order valence-corrected chi connectivity index (χ4v) is 1.46. The number of pyridine rings is 1. The molecule has 0 amide bonds. The summed E-state index contributed by atoms with van der Waals surface area (Å²) < 4.78 is 0. The Hall–Kier alpha value is -1.19. The second-order valence-electron chi connectivity index (χ2n) is 2.97. The van der Waals surface area contributed by atoms with E-state index in [9.17, 15) is 0 Å². The molecular weight excluding hydrogens is 233 g/mol. The number of hydrogen-bond donors (Lipinski definition) is 0. The molecule has 0 aliphatic rings. The fourth-order valence-electron chi connectivity index (χ4n) is 1.07. The molecule has 0 radical (unpaired) electrons. The van der Waals surface area contributed by atoms with Gasteiger partial charge < -0.3 is 0 Å². The van der Waals surface area contributed by atoms with Gasteiger partial charge in [-0.15, -0.1) is 0 Å². The van der Waals surface area contributed by atoms with Crippen LogP contribution in [0.5, 0.6) is 0 Å². The molecule has 2 aromatic heterocycles. The minimum Gasteiger partial charge on any atom is -0.253 e. The second kappa shape index (κ2) is 4.13. The van der Waals surface area contributed by atoms with Gasteiger partial charge in [-0.2, -0.15) is 0 Å². The maximum atomic E-state index is 5.91. The van der Waals surface area contributed by atoms with Gasteiger partial charge in [-0.1, -0.05) is 29.3 Å². The van der Waals surface area contributed by atoms with E-state index in [1.165, 1.54) is 0 Å². The Kier molecular flexibility index (Phi) is 2.84. The molecule has 0 bridgehead atoms. The van der Waals surface area contributed by atoms with Gasteiger partial charge in [0.05, 0.1) is 0 Å². The predicted octanol–water partition coefficient (Wildman–Crippen LogP) is 3.15. The van der Waals surface area contributed by atoms with Crippen LogP contribution in [0.3, 0.4) is 0 Å². The average molecular weight is 240 g/mol. The Morgan fingerprint density at radius 3 is 2.27 bits per heavy atom. The van der Waals surface area contributed by atoms with Crippen molar-refractivity contribution in [1.29, 1.82) is 0 Å². The summed E-state index contributed by atoms with van der Waals surface area (Å²) in [4.78, 5) is 12.3. The summed E-state index contributed by atoms with van der Waals surface area (Å²) >= 11 is 11.8. The van der Waals surface area contributed by atoms with Crippen molar-refractivity contribution in [2.75, 3.05) is 0 Å². The van der Waals surface area contributed by atoms with Crippen LogP contribution in [0.15, 0.2) is 24.4 Å². The smallest absolute Gasteiger partial charge is 0.181 e. The molecule has 0 fully saturated rings. The Morgan fingerprint density at radius 2 is 1.73 bits per heavy atom. The van der Waals surface area contributed by atoms with Crippen LogP contribution >= 0.6 is 23.2 Å². The van der Waals surface area contributed by atoms with Gasteiger partial charge in [0.15, 0.2) is 5.82 Å². The number of nitrogens with zero attached hydrogens (tertiary/aromatic N) is 3. The minimum absolute atomic E-state index is 0.357. The van der Waals surface area contributed by atoms with Crippen LogP contribution in [-0.4, -0.2) is 15.0 Å². The summed E-state index contributed by atoms with van der Waals surface area (Å²) in [5.41, 5.74) is 1.33. The monoisotopic (exact) mass is 239 g/mol. The van der Waals surface area contributed by atoms with Crippen LogP contribution in [0.2, 0.25) is 10.3 Å². The van der Waals surface area contributed by atoms with Gasteiger partial charge in [-0.05, 0) is 19.1 Å². The highest BCUT2D eigenvalue weighted by Gasteiger charge is 2.09. The molecule has 2 rings (SSSR count). The Labute approximate surface area is 97.1 Å². The molecule has 3 nitrogen and oxygen atoms in total. The highest BCUT2D eigenvalue weighted by molar-refractivity contribution is 6.34. The zero-order valence-corrected chi connectivity index (χ0v) is 9.42. The molecule has 5 heteroatoms. The third kappa shape index (κ3) is 2.08. The molecule has 0 unspecified atom stereocenters. The second-order valence-corrected chi connectivity index (χ2v) is 3.68. The van der Waals surface area contributed by atoms with Gasteiger partial charge >= 0.3 is 0 Å². The molecule has 0 aromatic carbocycles. The summed E-state index contributed by atoms with van der Waals surface area (Å²) in [5.74, 6) is 0.441. The molecule has 2 aromatic rings. The lowest BCUT2D eigenvalue weighted by molar-refractivity contribution is 1.11. The topological polar surface area (TPSA) is 38.7 Å². The van der Waals surface area contributed by atoms with Gasteiger partial charge in [-0.3, -0.25) is 4.98 Å². The summed E-state index contributed by atoms with van der Waals surface area (Å²) in [5, 5.41) is 0.714. The van der Waals surface area contributed by atoms with Gasteiger partial charge in [0, 0.05) is 11.8 Å². The third-order valence-electron chi connectivity index (χ3n) is 1.92. The maximum absolute atomic E-state index is 5.91. The van der Waals surface area contributed by atoms with Crippen LogP contribution < -0.4 is 0 Å². The zero-order valence-electron chi connectivity index (χ0n) is 7.91. The number of halogens is 2. The summed E-state index contributed by atoms with van der Waals surface area (Å²) in [6, 6.07) is 5.48. The van der Waals surface area contributed by atoms with Crippen molar-refractivity contribution in [2.24, 2.45) is 0 Å². The van der Waals surface area contributed by atoms with Crippen LogP contribution in [0.4, 0.5) is 0 Å². The molecule has 0 spiro atoms. The number of hydrogen-bond acceptors (Lipinski definition) is 3. The minimum atomic E-state index is 0.357. The summed E-state index contributed by atoms with van der Waals surface area (Å²) in [6.45, 7) is 1.77. The molecule has 0 saturated carbocycles. The number of rotatable bonds is 1. The molecule has 0 aliphatic carbocycles. The van der Waals surface area contributed by atoms with E-state index < -0.39 is 0 Å². The lowest BCUT2D eigenvalue weighted by Crippen LogP contribution is -1.95. The zero-order chi connectivity index (χ0) is 10.8. The normalized spacial score (nSPS) is 10.3. The van der Waals surface area contributed by atoms with E-state index in [4.69, 9.17) is 23.2 Å². The lowest BCUT2D eigenvalue weighted by atomic mass is 10.3. The molecule has 0 aliphatic heterocycles.